The number of thioether (sulfide) groups is 1. The molecule has 2 heterocycles. The van der Waals surface area contributed by atoms with Crippen LogP contribution >= 0.6 is 11.8 Å². The fourth-order valence-corrected chi connectivity index (χ4v) is 5.00. The molecular formula is C23H30N4O7S. The summed E-state index contributed by atoms with van der Waals surface area (Å²) in [5, 5.41) is 5.28. The van der Waals surface area contributed by atoms with Gasteiger partial charge in [0.25, 0.3) is 0 Å². The van der Waals surface area contributed by atoms with E-state index in [9.17, 15) is 24.0 Å². The minimum absolute atomic E-state index is 0.269. The van der Waals surface area contributed by atoms with Crippen LogP contribution in [-0.4, -0.2) is 97.8 Å². The third kappa shape index (κ3) is 6.44. The first-order valence-corrected chi connectivity index (χ1v) is 12.4. The van der Waals surface area contributed by atoms with E-state index in [1.807, 2.05) is 0 Å². The third-order valence-corrected chi connectivity index (χ3v) is 6.90. The van der Waals surface area contributed by atoms with Gasteiger partial charge in [0.05, 0.1) is 12.7 Å². The molecule has 4 amide bonds. The normalized spacial score (nSPS) is 23.1. The monoisotopic (exact) mass is 506 g/mol. The predicted octanol–water partition coefficient (Wildman–Crippen LogP) is 0.379. The molecule has 0 saturated carbocycles. The molecule has 3 rings (SSSR count). The summed E-state index contributed by atoms with van der Waals surface area (Å²) in [6, 6.07) is 4.03. The van der Waals surface area contributed by atoms with E-state index in [-0.39, 0.29) is 11.7 Å². The van der Waals surface area contributed by atoms with Crippen molar-refractivity contribution in [2.45, 2.75) is 36.7 Å². The molecule has 1 aromatic rings. The van der Waals surface area contributed by atoms with Gasteiger partial charge in [0, 0.05) is 32.1 Å². The number of rotatable bonds is 3. The fourth-order valence-electron chi connectivity index (χ4n) is 3.95. The van der Waals surface area contributed by atoms with E-state index in [0.29, 0.717) is 30.7 Å². The van der Waals surface area contributed by atoms with E-state index in [0.717, 1.165) is 5.56 Å². The second-order valence-corrected chi connectivity index (χ2v) is 9.48. The minimum atomic E-state index is -1.26. The molecule has 2 aliphatic heterocycles. The zero-order valence-corrected chi connectivity index (χ0v) is 20.8. The number of cyclic esters (lactones) is 1. The second-order valence-electron chi connectivity index (χ2n) is 8.45. The average Bonchev–Trinajstić information content (AvgIpc) is 3.34. The molecule has 11 nitrogen and oxygen atoms in total. The van der Waals surface area contributed by atoms with Crippen LogP contribution in [0.4, 0.5) is 4.79 Å². The Kier molecular flexibility index (Phi) is 8.96. The van der Waals surface area contributed by atoms with Gasteiger partial charge in [-0.2, -0.15) is 11.8 Å². The van der Waals surface area contributed by atoms with Crippen LogP contribution in [0.25, 0.3) is 0 Å². The highest BCUT2D eigenvalue weighted by molar-refractivity contribution is 7.98. The number of carbonyl (C=O) groups is 5. The number of likely N-dealkylation sites (tertiary alicyclic amines) is 1. The predicted molar refractivity (Wildman–Crippen MR) is 128 cm³/mol. The molecule has 1 aromatic carbocycles. The summed E-state index contributed by atoms with van der Waals surface area (Å²) in [4.78, 5) is 66.3. The van der Waals surface area contributed by atoms with Crippen molar-refractivity contribution in [1.82, 2.24) is 20.4 Å². The number of hydrogen-bond donors (Lipinski definition) is 2. The van der Waals surface area contributed by atoms with Gasteiger partial charge < -0.3 is 25.0 Å². The van der Waals surface area contributed by atoms with E-state index in [4.69, 9.17) is 9.47 Å². The van der Waals surface area contributed by atoms with Crippen molar-refractivity contribution >= 4 is 41.5 Å². The summed E-state index contributed by atoms with van der Waals surface area (Å²) in [6.07, 6.45) is 0.371. The number of hydrogen-bond acceptors (Lipinski definition) is 8. The Morgan fingerprint density at radius 1 is 1.23 bits per heavy atom. The molecule has 0 radical (unpaired) electrons. The fraction of sp³-hybridized carbons (Fsp3) is 0.522. The molecule has 0 unspecified atom stereocenters. The summed E-state index contributed by atoms with van der Waals surface area (Å²) in [5.74, 6) is -1.43. The standard InChI is InChI=1S/C23H30N4O7S/c1-26(2)21(30)17-13-35-12-14-7-4-5-8-15(14)22(31)34-11-16(19(28)25-17)24-20(29)18-9-6-10-27(18)23(32)33-3/h4-5,7-8,16-18H,6,9-13H2,1-3H3,(H,24,29)(H,25,28)/t16-,17-,18+/m1/s1. The smallest absolute Gasteiger partial charge is 0.410 e. The lowest BCUT2D eigenvalue weighted by molar-refractivity contribution is -0.136. The van der Waals surface area contributed by atoms with Gasteiger partial charge in [-0.1, -0.05) is 18.2 Å². The van der Waals surface area contributed by atoms with Crippen molar-refractivity contribution in [2.24, 2.45) is 0 Å². The Morgan fingerprint density at radius 2 is 1.97 bits per heavy atom. The molecule has 3 atom stereocenters. The van der Waals surface area contributed by atoms with Crippen molar-refractivity contribution in [2.75, 3.05) is 40.1 Å². The number of esters is 1. The molecule has 12 heteroatoms. The van der Waals surface area contributed by atoms with Crippen LogP contribution in [0.2, 0.25) is 0 Å². The molecule has 2 N–H and O–H groups in total. The van der Waals surface area contributed by atoms with Crippen LogP contribution in [0.5, 0.6) is 0 Å². The number of nitrogens with zero attached hydrogens (tertiary/aromatic N) is 2. The number of ether oxygens (including phenoxy) is 2. The first-order valence-electron chi connectivity index (χ1n) is 11.2. The van der Waals surface area contributed by atoms with E-state index >= 15 is 0 Å². The summed E-state index contributed by atoms with van der Waals surface area (Å²) < 4.78 is 10.1. The lowest BCUT2D eigenvalue weighted by atomic mass is 10.1. The van der Waals surface area contributed by atoms with Crippen LogP contribution in [-0.2, 0) is 29.6 Å². The van der Waals surface area contributed by atoms with Crippen molar-refractivity contribution in [3.8, 4) is 0 Å². The van der Waals surface area contributed by atoms with Gasteiger partial charge in [-0.15, -0.1) is 0 Å². The van der Waals surface area contributed by atoms with E-state index < -0.39 is 48.6 Å². The molecule has 0 aromatic heterocycles. The number of benzene rings is 1. The lowest BCUT2D eigenvalue weighted by Crippen LogP contribution is -2.58. The lowest BCUT2D eigenvalue weighted by Gasteiger charge is -2.27. The van der Waals surface area contributed by atoms with Gasteiger partial charge in [0.1, 0.15) is 24.7 Å². The average molecular weight is 507 g/mol. The highest BCUT2D eigenvalue weighted by atomic mass is 32.2. The number of amides is 4. The molecular weight excluding hydrogens is 476 g/mol. The summed E-state index contributed by atoms with van der Waals surface area (Å²) in [5.41, 5.74) is 1.10. The quantitative estimate of drug-likeness (QED) is 0.562. The largest absolute Gasteiger partial charge is 0.459 e. The Hall–Kier alpha value is -3.28. The zero-order valence-electron chi connectivity index (χ0n) is 19.9. The van der Waals surface area contributed by atoms with Gasteiger partial charge in [-0.3, -0.25) is 19.3 Å². The van der Waals surface area contributed by atoms with Crippen LogP contribution in [0, 0.1) is 0 Å². The highest BCUT2D eigenvalue weighted by Crippen LogP contribution is 2.21. The molecule has 0 aliphatic carbocycles. The SMILES string of the molecule is COC(=O)N1CCC[C@H]1C(=O)N[C@@H]1COC(=O)c2ccccc2CSC[C@H](C(=O)N(C)C)NC1=O. The second kappa shape index (κ2) is 11.9. The number of methoxy groups -OCH3 is 1. The Morgan fingerprint density at radius 3 is 2.69 bits per heavy atom. The Labute approximate surface area is 207 Å². The molecule has 1 fully saturated rings. The van der Waals surface area contributed by atoms with Gasteiger partial charge >= 0.3 is 12.1 Å². The van der Waals surface area contributed by atoms with Crippen LogP contribution in [0.15, 0.2) is 24.3 Å². The third-order valence-electron chi connectivity index (χ3n) is 5.81. The Bertz CT molecular complexity index is 986. The van der Waals surface area contributed by atoms with Crippen molar-refractivity contribution in [3.63, 3.8) is 0 Å². The maximum Gasteiger partial charge on any atom is 0.410 e. The van der Waals surface area contributed by atoms with E-state index in [1.165, 1.54) is 28.7 Å². The molecule has 1 saturated heterocycles. The van der Waals surface area contributed by atoms with Gasteiger partial charge in [-0.25, -0.2) is 9.59 Å². The van der Waals surface area contributed by atoms with Crippen LogP contribution in [0.1, 0.15) is 28.8 Å². The molecule has 0 spiro atoms. The van der Waals surface area contributed by atoms with Gasteiger partial charge in [0.2, 0.25) is 17.7 Å². The van der Waals surface area contributed by atoms with Crippen molar-refractivity contribution in [3.05, 3.63) is 35.4 Å². The molecule has 0 bridgehead atoms. The topological polar surface area (TPSA) is 134 Å². The van der Waals surface area contributed by atoms with Crippen LogP contribution < -0.4 is 10.6 Å². The summed E-state index contributed by atoms with van der Waals surface area (Å²) in [6.45, 7) is -0.0876. The number of carbonyl (C=O) groups excluding carboxylic acids is 5. The van der Waals surface area contributed by atoms with Crippen LogP contribution in [0.3, 0.4) is 0 Å². The Balaban J connectivity index is 1.84. The summed E-state index contributed by atoms with van der Waals surface area (Å²) in [7, 11) is 4.41. The maximum atomic E-state index is 13.1. The minimum Gasteiger partial charge on any atom is -0.459 e. The molecule has 190 valence electrons. The number of nitrogens with one attached hydrogen (secondary N) is 2. The van der Waals surface area contributed by atoms with Crippen molar-refractivity contribution < 1.29 is 33.4 Å². The maximum absolute atomic E-state index is 13.1. The number of fused-ring (bicyclic) bond motifs is 1. The summed E-state index contributed by atoms with van der Waals surface area (Å²) >= 11 is 1.39. The molecule has 2 aliphatic rings. The van der Waals surface area contributed by atoms with E-state index in [1.54, 1.807) is 38.4 Å². The molecule has 35 heavy (non-hydrogen) atoms. The highest BCUT2D eigenvalue weighted by Gasteiger charge is 2.37. The van der Waals surface area contributed by atoms with Gasteiger partial charge in [-0.05, 0) is 24.5 Å². The first kappa shape index (κ1) is 26.3. The number of likely N-dealkylation sites (N-methyl/N-ethyl adjacent to an activating group) is 1. The first-order chi connectivity index (χ1) is 16.7. The zero-order chi connectivity index (χ0) is 25.5. The van der Waals surface area contributed by atoms with Gasteiger partial charge in [0.15, 0.2) is 0 Å². The van der Waals surface area contributed by atoms with Crippen molar-refractivity contribution in [1.29, 1.82) is 0 Å². The van der Waals surface area contributed by atoms with E-state index in [2.05, 4.69) is 10.6 Å².